The van der Waals surface area contributed by atoms with E-state index >= 15 is 0 Å². The van der Waals surface area contributed by atoms with Crippen LogP contribution in [0.1, 0.15) is 31.0 Å². The summed E-state index contributed by atoms with van der Waals surface area (Å²) in [5, 5.41) is 4.51. The van der Waals surface area contributed by atoms with E-state index in [1.54, 1.807) is 11.8 Å². The standard InChI is InChI=1S/C15H26N2OS/c1-4-5-8-18-9-6-16-7-10-19-15-12-13(2)11-14(3)17-15/h11-12,16H,4-10H2,1-3H3. The van der Waals surface area contributed by atoms with E-state index in [2.05, 4.69) is 36.3 Å². The van der Waals surface area contributed by atoms with E-state index < -0.39 is 0 Å². The summed E-state index contributed by atoms with van der Waals surface area (Å²) in [5.74, 6) is 1.05. The number of aryl methyl sites for hydroxylation is 2. The lowest BCUT2D eigenvalue weighted by atomic mass is 10.3. The van der Waals surface area contributed by atoms with Gasteiger partial charge in [0.25, 0.3) is 0 Å². The normalized spacial score (nSPS) is 10.9. The van der Waals surface area contributed by atoms with Crippen LogP contribution in [0.2, 0.25) is 0 Å². The van der Waals surface area contributed by atoms with Crippen molar-refractivity contribution in [3.05, 3.63) is 23.4 Å². The van der Waals surface area contributed by atoms with Gasteiger partial charge in [-0.3, -0.25) is 0 Å². The molecule has 1 aromatic rings. The first-order valence-corrected chi connectivity index (χ1v) is 8.07. The van der Waals surface area contributed by atoms with Crippen LogP contribution in [0, 0.1) is 13.8 Å². The fourth-order valence-corrected chi connectivity index (χ4v) is 2.66. The maximum Gasteiger partial charge on any atom is 0.0966 e. The van der Waals surface area contributed by atoms with Crippen molar-refractivity contribution in [2.45, 2.75) is 38.6 Å². The first-order chi connectivity index (χ1) is 9.22. The Balaban J connectivity index is 2.01. The minimum atomic E-state index is 0.812. The summed E-state index contributed by atoms with van der Waals surface area (Å²) in [5.41, 5.74) is 2.38. The third-order valence-electron chi connectivity index (χ3n) is 2.67. The van der Waals surface area contributed by atoms with Crippen molar-refractivity contribution in [1.29, 1.82) is 0 Å². The van der Waals surface area contributed by atoms with Crippen LogP contribution in [0.25, 0.3) is 0 Å². The Morgan fingerprint density at radius 2 is 2.05 bits per heavy atom. The lowest BCUT2D eigenvalue weighted by Gasteiger charge is -2.06. The molecule has 0 saturated carbocycles. The molecule has 1 rings (SSSR count). The van der Waals surface area contributed by atoms with Crippen LogP contribution in [0.3, 0.4) is 0 Å². The highest BCUT2D eigenvalue weighted by Crippen LogP contribution is 2.16. The van der Waals surface area contributed by atoms with Crippen LogP contribution in [-0.2, 0) is 4.74 Å². The maximum atomic E-state index is 5.49. The molecule has 1 N–H and O–H groups in total. The molecular weight excluding hydrogens is 256 g/mol. The van der Waals surface area contributed by atoms with Crippen LogP contribution in [0.15, 0.2) is 17.2 Å². The lowest BCUT2D eigenvalue weighted by molar-refractivity contribution is 0.133. The minimum absolute atomic E-state index is 0.812. The first-order valence-electron chi connectivity index (χ1n) is 7.09. The summed E-state index contributed by atoms with van der Waals surface area (Å²) in [6, 6.07) is 4.25. The molecule has 0 spiro atoms. The van der Waals surface area contributed by atoms with Gasteiger partial charge in [-0.15, -0.1) is 11.8 Å². The third kappa shape index (κ3) is 8.24. The largest absolute Gasteiger partial charge is 0.380 e. The van der Waals surface area contributed by atoms with E-state index in [0.717, 1.165) is 49.2 Å². The number of ether oxygens (including phenoxy) is 1. The molecule has 1 aromatic heterocycles. The van der Waals surface area contributed by atoms with Gasteiger partial charge in [0.2, 0.25) is 0 Å². The Hall–Kier alpha value is -0.580. The monoisotopic (exact) mass is 282 g/mol. The van der Waals surface area contributed by atoms with Crippen molar-refractivity contribution in [1.82, 2.24) is 10.3 Å². The number of nitrogens with zero attached hydrogens (tertiary/aromatic N) is 1. The quantitative estimate of drug-likeness (QED) is 0.528. The van der Waals surface area contributed by atoms with E-state index in [0.29, 0.717) is 0 Å². The summed E-state index contributed by atoms with van der Waals surface area (Å²) < 4.78 is 5.49. The second-order valence-corrected chi connectivity index (χ2v) is 5.80. The summed E-state index contributed by atoms with van der Waals surface area (Å²) in [6.45, 7) is 9.97. The Morgan fingerprint density at radius 1 is 1.21 bits per heavy atom. The van der Waals surface area contributed by atoms with Gasteiger partial charge in [-0.2, -0.15) is 0 Å². The number of nitrogens with one attached hydrogen (secondary N) is 1. The van der Waals surface area contributed by atoms with Gasteiger partial charge < -0.3 is 10.1 Å². The summed E-state index contributed by atoms with van der Waals surface area (Å²) in [7, 11) is 0. The molecule has 0 aliphatic heterocycles. The lowest BCUT2D eigenvalue weighted by Crippen LogP contribution is -2.22. The second kappa shape index (κ2) is 10.2. The highest BCUT2D eigenvalue weighted by Gasteiger charge is 1.98. The molecule has 0 unspecified atom stereocenters. The Kier molecular flexibility index (Phi) is 8.88. The molecule has 0 aliphatic carbocycles. The van der Waals surface area contributed by atoms with Gasteiger partial charge in [-0.25, -0.2) is 4.98 Å². The smallest absolute Gasteiger partial charge is 0.0966 e. The van der Waals surface area contributed by atoms with Crippen molar-refractivity contribution in [3.63, 3.8) is 0 Å². The van der Waals surface area contributed by atoms with Gasteiger partial charge in [0, 0.05) is 31.1 Å². The van der Waals surface area contributed by atoms with Crippen molar-refractivity contribution >= 4 is 11.8 Å². The highest BCUT2D eigenvalue weighted by molar-refractivity contribution is 7.99. The maximum absolute atomic E-state index is 5.49. The number of hydrogen-bond acceptors (Lipinski definition) is 4. The fraction of sp³-hybridized carbons (Fsp3) is 0.667. The summed E-state index contributed by atoms with van der Waals surface area (Å²) >= 11 is 1.81. The van der Waals surface area contributed by atoms with Crippen LogP contribution in [0.5, 0.6) is 0 Å². The number of hydrogen-bond donors (Lipinski definition) is 1. The molecule has 0 bridgehead atoms. The topological polar surface area (TPSA) is 34.1 Å². The van der Waals surface area contributed by atoms with Crippen LogP contribution >= 0.6 is 11.8 Å². The molecule has 0 amide bonds. The molecule has 1 heterocycles. The molecule has 3 nitrogen and oxygen atoms in total. The zero-order valence-corrected chi connectivity index (χ0v) is 13.2. The zero-order valence-electron chi connectivity index (χ0n) is 12.4. The van der Waals surface area contributed by atoms with Gasteiger partial charge in [0.05, 0.1) is 11.6 Å². The fourth-order valence-electron chi connectivity index (χ4n) is 1.72. The van der Waals surface area contributed by atoms with Crippen molar-refractivity contribution in [3.8, 4) is 0 Å². The molecule has 0 aromatic carbocycles. The first kappa shape index (κ1) is 16.5. The van der Waals surface area contributed by atoms with Gasteiger partial charge in [-0.05, 0) is 38.0 Å². The molecule has 108 valence electrons. The zero-order chi connectivity index (χ0) is 13.9. The molecule has 0 atom stereocenters. The molecule has 4 heteroatoms. The number of aromatic nitrogens is 1. The predicted octanol–water partition coefficient (Wildman–Crippen LogP) is 3.20. The number of thioether (sulfide) groups is 1. The molecular formula is C15H26N2OS. The molecule has 0 aliphatic rings. The Labute approximate surface area is 121 Å². The van der Waals surface area contributed by atoms with E-state index in [4.69, 9.17) is 4.74 Å². The third-order valence-corrected chi connectivity index (χ3v) is 3.58. The minimum Gasteiger partial charge on any atom is -0.380 e. The van der Waals surface area contributed by atoms with E-state index in [-0.39, 0.29) is 0 Å². The van der Waals surface area contributed by atoms with Crippen LogP contribution < -0.4 is 5.32 Å². The average Bonchev–Trinajstić information content (AvgIpc) is 2.36. The predicted molar refractivity (Wildman–Crippen MR) is 83.0 cm³/mol. The SMILES string of the molecule is CCCCOCCNCCSc1cc(C)cc(C)n1. The van der Waals surface area contributed by atoms with E-state index in [9.17, 15) is 0 Å². The van der Waals surface area contributed by atoms with Crippen molar-refractivity contribution in [2.75, 3.05) is 32.1 Å². The number of rotatable bonds is 10. The molecule has 0 saturated heterocycles. The Bertz CT molecular complexity index is 338. The van der Waals surface area contributed by atoms with Gasteiger partial charge in [0.15, 0.2) is 0 Å². The number of pyridine rings is 1. The highest BCUT2D eigenvalue weighted by atomic mass is 32.2. The van der Waals surface area contributed by atoms with E-state index in [1.165, 1.54) is 12.0 Å². The average molecular weight is 282 g/mol. The van der Waals surface area contributed by atoms with Crippen LogP contribution in [0.4, 0.5) is 0 Å². The van der Waals surface area contributed by atoms with Gasteiger partial charge >= 0.3 is 0 Å². The van der Waals surface area contributed by atoms with Gasteiger partial charge in [0.1, 0.15) is 0 Å². The Morgan fingerprint density at radius 3 is 2.79 bits per heavy atom. The number of unbranched alkanes of at least 4 members (excludes halogenated alkanes) is 1. The second-order valence-electron chi connectivity index (χ2n) is 4.69. The summed E-state index contributed by atoms with van der Waals surface area (Å²) in [6.07, 6.45) is 2.36. The van der Waals surface area contributed by atoms with Crippen LogP contribution in [-0.4, -0.2) is 37.0 Å². The molecule has 19 heavy (non-hydrogen) atoms. The summed E-state index contributed by atoms with van der Waals surface area (Å²) in [4.78, 5) is 4.51. The van der Waals surface area contributed by atoms with Crippen molar-refractivity contribution < 1.29 is 4.74 Å². The van der Waals surface area contributed by atoms with E-state index in [1.807, 2.05) is 6.92 Å². The molecule has 0 radical (unpaired) electrons. The van der Waals surface area contributed by atoms with Crippen molar-refractivity contribution in [2.24, 2.45) is 0 Å². The van der Waals surface area contributed by atoms with Gasteiger partial charge in [-0.1, -0.05) is 13.3 Å². The molecule has 0 fully saturated rings.